The van der Waals surface area contributed by atoms with Crippen LogP contribution < -0.4 is 10.6 Å². The summed E-state index contributed by atoms with van der Waals surface area (Å²) in [6, 6.07) is 8.43. The topological polar surface area (TPSA) is 101 Å². The number of nitro groups is 1. The number of hydrogen-bond acceptors (Lipinski definition) is 4. The van der Waals surface area contributed by atoms with E-state index in [1.165, 1.54) is 12.1 Å². The molecule has 2 N–H and O–H groups in total. The summed E-state index contributed by atoms with van der Waals surface area (Å²) in [4.78, 5) is 35.5. The summed E-state index contributed by atoms with van der Waals surface area (Å²) in [6.45, 7) is 7.47. The summed E-state index contributed by atoms with van der Waals surface area (Å²) in [6.07, 6.45) is 0. The van der Waals surface area contributed by atoms with Crippen LogP contribution in [0.25, 0.3) is 0 Å². The third-order valence-electron chi connectivity index (χ3n) is 4.28. The molecule has 2 aromatic rings. The molecule has 1 atom stereocenters. The second-order valence-electron chi connectivity index (χ2n) is 6.92. The average molecular weight is 404 g/mol. The number of nitro benzene ring substituents is 1. The lowest BCUT2D eigenvalue weighted by atomic mass is 10.0. The third-order valence-corrected chi connectivity index (χ3v) is 4.60. The number of benzene rings is 2. The molecule has 7 nitrogen and oxygen atoms in total. The van der Waals surface area contributed by atoms with E-state index in [1.54, 1.807) is 0 Å². The SMILES string of the molecule is Cc1ccc(NC(=O)C(NC(=O)c2ccc([N+](=O)[O-])cc2Cl)C(C)C)c(C)c1. The lowest BCUT2D eigenvalue weighted by molar-refractivity contribution is -0.384. The lowest BCUT2D eigenvalue weighted by Crippen LogP contribution is -2.47. The first-order chi connectivity index (χ1) is 13.1. The van der Waals surface area contributed by atoms with Gasteiger partial charge in [0.05, 0.1) is 15.5 Å². The highest BCUT2D eigenvalue weighted by atomic mass is 35.5. The molecule has 0 aromatic heterocycles. The first kappa shape index (κ1) is 21.4. The number of amides is 2. The Bertz CT molecular complexity index is 928. The van der Waals surface area contributed by atoms with Gasteiger partial charge in [0.15, 0.2) is 0 Å². The number of non-ortho nitro benzene ring substituents is 1. The Morgan fingerprint density at radius 2 is 1.79 bits per heavy atom. The largest absolute Gasteiger partial charge is 0.340 e. The predicted molar refractivity (Wildman–Crippen MR) is 109 cm³/mol. The fraction of sp³-hybridized carbons (Fsp3) is 0.300. The summed E-state index contributed by atoms with van der Waals surface area (Å²) in [5.41, 5.74) is 2.52. The van der Waals surface area contributed by atoms with Gasteiger partial charge in [-0.15, -0.1) is 0 Å². The maximum Gasteiger partial charge on any atom is 0.270 e. The van der Waals surface area contributed by atoms with Gasteiger partial charge in [0.2, 0.25) is 5.91 Å². The third kappa shape index (κ3) is 5.07. The van der Waals surface area contributed by atoms with Gasteiger partial charge in [0.25, 0.3) is 11.6 Å². The molecule has 2 aromatic carbocycles. The number of nitrogens with one attached hydrogen (secondary N) is 2. The van der Waals surface area contributed by atoms with Crippen LogP contribution in [-0.4, -0.2) is 22.8 Å². The van der Waals surface area contributed by atoms with Crippen molar-refractivity contribution < 1.29 is 14.5 Å². The van der Waals surface area contributed by atoms with Gasteiger partial charge in [0.1, 0.15) is 6.04 Å². The summed E-state index contributed by atoms with van der Waals surface area (Å²) in [5.74, 6) is -1.12. The zero-order chi connectivity index (χ0) is 21.0. The molecule has 0 heterocycles. The number of carbonyl (C=O) groups is 2. The molecule has 0 fully saturated rings. The smallest absolute Gasteiger partial charge is 0.270 e. The molecule has 0 aliphatic rings. The van der Waals surface area contributed by atoms with E-state index >= 15 is 0 Å². The highest BCUT2D eigenvalue weighted by Crippen LogP contribution is 2.23. The van der Waals surface area contributed by atoms with Crippen LogP contribution in [0.2, 0.25) is 5.02 Å². The van der Waals surface area contributed by atoms with E-state index in [0.29, 0.717) is 5.69 Å². The van der Waals surface area contributed by atoms with Crippen molar-refractivity contribution in [3.05, 3.63) is 68.2 Å². The molecule has 2 rings (SSSR count). The van der Waals surface area contributed by atoms with E-state index in [2.05, 4.69) is 10.6 Å². The average Bonchev–Trinajstić information content (AvgIpc) is 2.61. The minimum Gasteiger partial charge on any atom is -0.340 e. The van der Waals surface area contributed by atoms with Gasteiger partial charge in [0, 0.05) is 17.8 Å². The van der Waals surface area contributed by atoms with Gasteiger partial charge >= 0.3 is 0 Å². The summed E-state index contributed by atoms with van der Waals surface area (Å²) in [7, 11) is 0. The zero-order valence-corrected chi connectivity index (χ0v) is 16.8. The van der Waals surface area contributed by atoms with Crippen LogP contribution in [0, 0.1) is 29.9 Å². The Hall–Kier alpha value is -2.93. The molecule has 0 bridgehead atoms. The Morgan fingerprint density at radius 3 is 2.32 bits per heavy atom. The highest BCUT2D eigenvalue weighted by molar-refractivity contribution is 6.34. The van der Waals surface area contributed by atoms with Gasteiger partial charge in [-0.05, 0) is 37.5 Å². The van der Waals surface area contributed by atoms with E-state index in [4.69, 9.17) is 11.6 Å². The number of anilines is 1. The maximum absolute atomic E-state index is 12.7. The van der Waals surface area contributed by atoms with Crippen LogP contribution >= 0.6 is 11.6 Å². The molecule has 2 amide bonds. The fourth-order valence-electron chi connectivity index (χ4n) is 2.72. The number of nitrogens with zero attached hydrogens (tertiary/aromatic N) is 1. The van der Waals surface area contributed by atoms with Gasteiger partial charge in [-0.25, -0.2) is 0 Å². The van der Waals surface area contributed by atoms with E-state index in [-0.39, 0.29) is 28.1 Å². The molecule has 1 unspecified atom stereocenters. The van der Waals surface area contributed by atoms with Crippen LogP contribution in [0.4, 0.5) is 11.4 Å². The molecule has 8 heteroatoms. The summed E-state index contributed by atoms with van der Waals surface area (Å²) in [5, 5.41) is 16.3. The zero-order valence-electron chi connectivity index (χ0n) is 16.1. The van der Waals surface area contributed by atoms with Crippen LogP contribution in [-0.2, 0) is 4.79 Å². The fourth-order valence-corrected chi connectivity index (χ4v) is 2.98. The van der Waals surface area contributed by atoms with Crippen molar-refractivity contribution in [2.24, 2.45) is 5.92 Å². The molecule has 148 valence electrons. The van der Waals surface area contributed by atoms with Crippen LogP contribution in [0.1, 0.15) is 35.3 Å². The van der Waals surface area contributed by atoms with E-state index in [1.807, 2.05) is 45.9 Å². The molecule has 0 aliphatic carbocycles. The second-order valence-corrected chi connectivity index (χ2v) is 7.33. The van der Waals surface area contributed by atoms with Gasteiger partial charge in [-0.3, -0.25) is 19.7 Å². The maximum atomic E-state index is 12.7. The van der Waals surface area contributed by atoms with Crippen molar-refractivity contribution in [2.45, 2.75) is 33.7 Å². The first-order valence-electron chi connectivity index (χ1n) is 8.73. The molecule has 0 saturated heterocycles. The molecular formula is C20H22ClN3O4. The first-order valence-corrected chi connectivity index (χ1v) is 9.11. The Morgan fingerprint density at radius 1 is 1.11 bits per heavy atom. The van der Waals surface area contributed by atoms with Crippen LogP contribution in [0.3, 0.4) is 0 Å². The quantitative estimate of drug-likeness (QED) is 0.555. The molecule has 0 aliphatic heterocycles. The number of carbonyl (C=O) groups excluding carboxylic acids is 2. The highest BCUT2D eigenvalue weighted by Gasteiger charge is 2.26. The van der Waals surface area contributed by atoms with Crippen molar-refractivity contribution >= 4 is 34.8 Å². The van der Waals surface area contributed by atoms with Crippen LogP contribution in [0.5, 0.6) is 0 Å². The molecule has 0 saturated carbocycles. The van der Waals surface area contributed by atoms with E-state index in [9.17, 15) is 19.7 Å². The minimum atomic E-state index is -0.806. The van der Waals surface area contributed by atoms with Crippen molar-refractivity contribution in [3.63, 3.8) is 0 Å². The number of halogens is 1. The van der Waals surface area contributed by atoms with E-state index in [0.717, 1.165) is 17.2 Å². The Balaban J connectivity index is 2.19. The van der Waals surface area contributed by atoms with Crippen molar-refractivity contribution in [2.75, 3.05) is 5.32 Å². The minimum absolute atomic E-state index is 0.0519. The standard InChI is InChI=1S/C20H22ClN3O4/c1-11(2)18(20(26)22-17-8-5-12(3)9-13(17)4)23-19(25)15-7-6-14(24(27)28)10-16(15)21/h5-11,18H,1-4H3,(H,22,26)(H,23,25). The number of aryl methyl sites for hydroxylation is 2. The second kappa shape index (κ2) is 8.84. The monoisotopic (exact) mass is 403 g/mol. The number of hydrogen-bond donors (Lipinski definition) is 2. The molecular weight excluding hydrogens is 382 g/mol. The normalized spacial score (nSPS) is 11.8. The molecule has 0 spiro atoms. The Labute approximate surface area is 168 Å². The summed E-state index contributed by atoms with van der Waals surface area (Å²) >= 11 is 6.01. The van der Waals surface area contributed by atoms with Crippen molar-refractivity contribution in [1.29, 1.82) is 0 Å². The van der Waals surface area contributed by atoms with Crippen molar-refractivity contribution in [1.82, 2.24) is 5.32 Å². The predicted octanol–water partition coefficient (Wildman–Crippen LogP) is 4.26. The van der Waals surface area contributed by atoms with Gasteiger partial charge in [-0.2, -0.15) is 0 Å². The van der Waals surface area contributed by atoms with Crippen LogP contribution in [0.15, 0.2) is 36.4 Å². The van der Waals surface area contributed by atoms with E-state index < -0.39 is 16.9 Å². The van der Waals surface area contributed by atoms with Gasteiger partial charge < -0.3 is 10.6 Å². The lowest BCUT2D eigenvalue weighted by Gasteiger charge is -2.22. The molecule has 28 heavy (non-hydrogen) atoms. The molecule has 0 radical (unpaired) electrons. The van der Waals surface area contributed by atoms with Gasteiger partial charge in [-0.1, -0.05) is 43.1 Å². The summed E-state index contributed by atoms with van der Waals surface area (Å²) < 4.78 is 0. The number of rotatable bonds is 6. The Kier molecular flexibility index (Phi) is 6.75. The van der Waals surface area contributed by atoms with Crippen molar-refractivity contribution in [3.8, 4) is 0 Å².